The Morgan fingerprint density at radius 3 is 2.55 bits per heavy atom. The second kappa shape index (κ2) is 8.31. The predicted octanol–water partition coefficient (Wildman–Crippen LogP) is 0.964. The molecule has 0 unspecified atom stereocenters. The van der Waals surface area contributed by atoms with Crippen LogP contribution >= 0.6 is 0 Å². The summed E-state index contributed by atoms with van der Waals surface area (Å²) in [5.74, 6) is -1.42. The van der Waals surface area contributed by atoms with Gasteiger partial charge in [0.1, 0.15) is 12.1 Å². The van der Waals surface area contributed by atoms with Crippen molar-refractivity contribution in [2.45, 2.75) is 57.2 Å². The van der Waals surface area contributed by atoms with Gasteiger partial charge in [-0.2, -0.15) is 5.26 Å². The molecule has 1 atom stereocenters. The Balaban J connectivity index is 1.68. The lowest BCUT2D eigenvalue weighted by Crippen LogP contribution is -2.52. The number of nitriles is 1. The highest BCUT2D eigenvalue weighted by Crippen LogP contribution is 2.27. The van der Waals surface area contributed by atoms with Crippen LogP contribution in [0.1, 0.15) is 39.0 Å². The van der Waals surface area contributed by atoms with Gasteiger partial charge in [0.05, 0.1) is 16.8 Å². The number of fused-ring (bicyclic) bond motifs is 1. The van der Waals surface area contributed by atoms with Crippen LogP contribution in [0.25, 0.3) is 10.8 Å². The second-order valence-electron chi connectivity index (χ2n) is 7.25. The molecule has 9 nitrogen and oxygen atoms in total. The SMILES string of the molecule is C[C@@H](OC(=O)Cn1[nH]c(=O)c2ccccc2c1=O)C(=O)NC1(C#N)CCCCC1. The lowest BCUT2D eigenvalue weighted by Gasteiger charge is -2.32. The van der Waals surface area contributed by atoms with E-state index in [1.807, 2.05) is 0 Å². The van der Waals surface area contributed by atoms with E-state index in [0.717, 1.165) is 23.9 Å². The zero-order valence-corrected chi connectivity index (χ0v) is 16.1. The number of carbonyl (C=O) groups is 2. The summed E-state index contributed by atoms with van der Waals surface area (Å²) in [4.78, 5) is 49.2. The van der Waals surface area contributed by atoms with E-state index in [2.05, 4.69) is 16.5 Å². The first kappa shape index (κ1) is 20.3. The number of amides is 1. The zero-order chi connectivity index (χ0) is 21.0. The Morgan fingerprint density at radius 1 is 1.24 bits per heavy atom. The standard InChI is InChI=1S/C20H22N4O5/c1-13(17(26)22-20(12-21)9-5-2-6-10-20)29-16(25)11-24-19(28)15-8-4-3-7-14(15)18(27)23-24/h3-4,7-8,13H,2,5-6,9-11H2,1H3,(H,22,26)(H,23,27)/t13-/m1/s1. The van der Waals surface area contributed by atoms with E-state index in [4.69, 9.17) is 4.74 Å². The van der Waals surface area contributed by atoms with Gasteiger partial charge < -0.3 is 10.1 Å². The molecule has 1 aromatic heterocycles. The minimum absolute atomic E-state index is 0.183. The summed E-state index contributed by atoms with van der Waals surface area (Å²) in [6.07, 6.45) is 2.69. The number of nitrogens with one attached hydrogen (secondary N) is 2. The molecule has 1 aliphatic carbocycles. The molecule has 1 amide bonds. The van der Waals surface area contributed by atoms with E-state index in [-0.39, 0.29) is 10.8 Å². The van der Waals surface area contributed by atoms with Crippen LogP contribution in [0, 0.1) is 11.3 Å². The van der Waals surface area contributed by atoms with Gasteiger partial charge in [-0.25, -0.2) is 4.68 Å². The lowest BCUT2D eigenvalue weighted by atomic mass is 9.83. The third-order valence-corrected chi connectivity index (χ3v) is 5.13. The molecule has 2 aromatic rings. The van der Waals surface area contributed by atoms with Gasteiger partial charge in [-0.3, -0.25) is 24.3 Å². The smallest absolute Gasteiger partial charge is 0.328 e. The fourth-order valence-electron chi connectivity index (χ4n) is 3.53. The Morgan fingerprint density at radius 2 is 1.90 bits per heavy atom. The van der Waals surface area contributed by atoms with E-state index in [0.29, 0.717) is 12.8 Å². The zero-order valence-electron chi connectivity index (χ0n) is 16.1. The minimum atomic E-state index is -1.14. The monoisotopic (exact) mass is 398 g/mol. The van der Waals surface area contributed by atoms with Crippen molar-refractivity contribution in [1.29, 1.82) is 5.26 Å². The van der Waals surface area contributed by atoms with Crippen LogP contribution in [0.3, 0.4) is 0 Å². The number of H-pyrrole nitrogens is 1. The summed E-state index contributed by atoms with van der Waals surface area (Å²) in [6, 6.07) is 8.44. The first-order valence-electron chi connectivity index (χ1n) is 9.50. The van der Waals surface area contributed by atoms with E-state index in [9.17, 15) is 24.4 Å². The highest BCUT2D eigenvalue weighted by Gasteiger charge is 2.35. The molecular weight excluding hydrogens is 376 g/mol. The van der Waals surface area contributed by atoms with Crippen molar-refractivity contribution < 1.29 is 14.3 Å². The van der Waals surface area contributed by atoms with Gasteiger partial charge in [0.2, 0.25) is 0 Å². The van der Waals surface area contributed by atoms with Crippen LogP contribution < -0.4 is 16.4 Å². The average Bonchev–Trinajstić information content (AvgIpc) is 2.72. The number of hydrogen-bond acceptors (Lipinski definition) is 6. The Bertz CT molecular complexity index is 1090. The molecule has 152 valence electrons. The van der Waals surface area contributed by atoms with Crippen LogP contribution in [0.15, 0.2) is 33.9 Å². The first-order chi connectivity index (χ1) is 13.8. The Kier molecular flexibility index (Phi) is 5.82. The van der Waals surface area contributed by atoms with Crippen molar-refractivity contribution in [2.24, 2.45) is 0 Å². The Labute approximate surface area is 166 Å². The maximum atomic E-state index is 12.4. The molecule has 0 radical (unpaired) electrons. The molecule has 1 saturated carbocycles. The van der Waals surface area contributed by atoms with Crippen LogP contribution in [0.2, 0.25) is 0 Å². The number of nitrogens with zero attached hydrogens (tertiary/aromatic N) is 2. The van der Waals surface area contributed by atoms with E-state index in [1.54, 1.807) is 12.1 Å². The van der Waals surface area contributed by atoms with Crippen LogP contribution in [0.5, 0.6) is 0 Å². The number of hydrogen-bond donors (Lipinski definition) is 2. The summed E-state index contributed by atoms with van der Waals surface area (Å²) in [5, 5.41) is 14.9. The number of aromatic amines is 1. The second-order valence-corrected chi connectivity index (χ2v) is 7.25. The third-order valence-electron chi connectivity index (χ3n) is 5.13. The predicted molar refractivity (Wildman–Crippen MR) is 104 cm³/mol. The number of esters is 1. The highest BCUT2D eigenvalue weighted by atomic mass is 16.5. The summed E-state index contributed by atoms with van der Waals surface area (Å²) >= 11 is 0. The number of benzene rings is 1. The maximum absolute atomic E-state index is 12.4. The maximum Gasteiger partial charge on any atom is 0.328 e. The Hall–Kier alpha value is -3.41. The molecule has 3 rings (SSSR count). The van der Waals surface area contributed by atoms with Crippen LogP contribution in [0.4, 0.5) is 0 Å². The molecular formula is C20H22N4O5. The van der Waals surface area contributed by atoms with Gasteiger partial charge in [0.25, 0.3) is 17.0 Å². The number of carbonyl (C=O) groups excluding carboxylic acids is 2. The quantitative estimate of drug-likeness (QED) is 0.721. The average molecular weight is 398 g/mol. The normalized spacial score (nSPS) is 16.6. The van der Waals surface area contributed by atoms with E-state index >= 15 is 0 Å². The molecule has 0 saturated heterocycles. The molecule has 0 spiro atoms. The molecule has 1 fully saturated rings. The van der Waals surface area contributed by atoms with Gasteiger partial charge in [0.15, 0.2) is 6.10 Å². The van der Waals surface area contributed by atoms with Gasteiger partial charge in [0, 0.05) is 0 Å². The fourth-order valence-corrected chi connectivity index (χ4v) is 3.53. The highest BCUT2D eigenvalue weighted by molar-refractivity contribution is 5.84. The fraction of sp³-hybridized carbons (Fsp3) is 0.450. The van der Waals surface area contributed by atoms with Gasteiger partial charge in [-0.15, -0.1) is 0 Å². The van der Waals surface area contributed by atoms with Crippen molar-refractivity contribution in [3.63, 3.8) is 0 Å². The van der Waals surface area contributed by atoms with E-state index < -0.39 is 41.2 Å². The van der Waals surface area contributed by atoms with Gasteiger partial charge in [-0.05, 0) is 31.9 Å². The van der Waals surface area contributed by atoms with Crippen LogP contribution in [-0.2, 0) is 20.9 Å². The number of ether oxygens (including phenoxy) is 1. The molecule has 0 bridgehead atoms. The molecule has 1 aromatic carbocycles. The summed E-state index contributed by atoms with van der Waals surface area (Å²) in [7, 11) is 0. The topological polar surface area (TPSA) is 134 Å². The van der Waals surface area contributed by atoms with Crippen molar-refractivity contribution in [1.82, 2.24) is 15.1 Å². The van der Waals surface area contributed by atoms with Crippen molar-refractivity contribution in [2.75, 3.05) is 0 Å². The molecule has 2 N–H and O–H groups in total. The van der Waals surface area contributed by atoms with Crippen LogP contribution in [-0.4, -0.2) is 33.3 Å². The molecule has 29 heavy (non-hydrogen) atoms. The summed E-state index contributed by atoms with van der Waals surface area (Å²) in [6.45, 7) is 0.854. The molecule has 0 aliphatic heterocycles. The van der Waals surface area contributed by atoms with E-state index in [1.165, 1.54) is 19.1 Å². The number of rotatable bonds is 5. The summed E-state index contributed by atoms with van der Waals surface area (Å²) in [5.41, 5.74) is -1.98. The minimum Gasteiger partial charge on any atom is -0.451 e. The molecule has 9 heteroatoms. The van der Waals surface area contributed by atoms with Gasteiger partial charge >= 0.3 is 5.97 Å². The van der Waals surface area contributed by atoms with Crippen molar-refractivity contribution in [3.05, 3.63) is 45.0 Å². The van der Waals surface area contributed by atoms with Gasteiger partial charge in [-0.1, -0.05) is 31.4 Å². The van der Waals surface area contributed by atoms with Crippen molar-refractivity contribution >= 4 is 22.6 Å². The molecule has 1 aliphatic rings. The first-order valence-corrected chi connectivity index (χ1v) is 9.50. The summed E-state index contributed by atoms with van der Waals surface area (Å²) < 4.78 is 5.97. The van der Waals surface area contributed by atoms with Crippen molar-refractivity contribution in [3.8, 4) is 6.07 Å². The molecule has 1 heterocycles. The number of aromatic nitrogens is 2. The third kappa shape index (κ3) is 4.37. The largest absolute Gasteiger partial charge is 0.451 e. The lowest BCUT2D eigenvalue weighted by molar-refractivity contribution is -0.156.